The molecule has 1 amide bonds. The Morgan fingerprint density at radius 1 is 1.47 bits per heavy atom. The van der Waals surface area contributed by atoms with Gasteiger partial charge in [0.15, 0.2) is 0 Å². The highest BCUT2D eigenvalue weighted by Crippen LogP contribution is 2.28. The molecule has 0 bridgehead atoms. The summed E-state index contributed by atoms with van der Waals surface area (Å²) in [4.78, 5) is 13.9. The molecule has 6 heteroatoms. The van der Waals surface area contributed by atoms with Gasteiger partial charge in [-0.05, 0) is 25.0 Å². The van der Waals surface area contributed by atoms with Crippen LogP contribution in [-0.4, -0.2) is 34.4 Å². The number of halogens is 1. The third-order valence-corrected chi connectivity index (χ3v) is 3.09. The summed E-state index contributed by atoms with van der Waals surface area (Å²) < 4.78 is 13.6. The van der Waals surface area contributed by atoms with Crippen molar-refractivity contribution in [1.82, 2.24) is 4.90 Å². The van der Waals surface area contributed by atoms with Crippen molar-refractivity contribution in [3.63, 3.8) is 0 Å². The Hall–Kier alpha value is -2.11. The first kappa shape index (κ1) is 13.3. The van der Waals surface area contributed by atoms with Crippen molar-refractivity contribution >= 4 is 11.7 Å². The number of benzene rings is 1. The minimum absolute atomic E-state index is 0.0620. The number of nitrogens with two attached hydrogens (primary N) is 1. The van der Waals surface area contributed by atoms with E-state index in [0.717, 1.165) is 12.8 Å². The lowest BCUT2D eigenvalue weighted by atomic mass is 10.1. The van der Waals surface area contributed by atoms with Gasteiger partial charge in [-0.2, -0.15) is 0 Å². The van der Waals surface area contributed by atoms with Gasteiger partial charge in [-0.15, -0.1) is 0 Å². The number of nitrogens with zero attached hydrogens (tertiary/aromatic N) is 2. The van der Waals surface area contributed by atoms with Crippen molar-refractivity contribution in [2.45, 2.75) is 25.3 Å². The van der Waals surface area contributed by atoms with Crippen LogP contribution in [0.3, 0.4) is 0 Å². The van der Waals surface area contributed by atoms with Crippen molar-refractivity contribution in [2.24, 2.45) is 10.9 Å². The normalized spacial score (nSPS) is 15.3. The van der Waals surface area contributed by atoms with Crippen LogP contribution in [0.5, 0.6) is 0 Å². The van der Waals surface area contributed by atoms with Crippen LogP contribution in [0.4, 0.5) is 4.39 Å². The Labute approximate surface area is 110 Å². The molecule has 0 atom stereocenters. The van der Waals surface area contributed by atoms with Gasteiger partial charge in [-0.3, -0.25) is 4.79 Å². The molecule has 1 fully saturated rings. The molecule has 0 aromatic heterocycles. The fraction of sp³-hybridized carbons (Fsp3) is 0.385. The van der Waals surface area contributed by atoms with Gasteiger partial charge in [-0.1, -0.05) is 17.3 Å². The summed E-state index contributed by atoms with van der Waals surface area (Å²) >= 11 is 0. The van der Waals surface area contributed by atoms with Crippen LogP contribution in [0.1, 0.15) is 29.6 Å². The Kier molecular flexibility index (Phi) is 3.99. The summed E-state index contributed by atoms with van der Waals surface area (Å²) in [7, 11) is 0. The Morgan fingerprint density at radius 2 is 2.16 bits per heavy atom. The molecular weight excluding hydrogens is 249 g/mol. The van der Waals surface area contributed by atoms with Gasteiger partial charge in [0.25, 0.3) is 5.91 Å². The average molecular weight is 265 g/mol. The Balaban J connectivity index is 2.11. The second kappa shape index (κ2) is 5.69. The summed E-state index contributed by atoms with van der Waals surface area (Å²) in [5.41, 5.74) is 5.46. The van der Waals surface area contributed by atoms with E-state index in [1.807, 2.05) is 0 Å². The van der Waals surface area contributed by atoms with Crippen molar-refractivity contribution in [3.05, 3.63) is 35.6 Å². The van der Waals surface area contributed by atoms with Crippen LogP contribution >= 0.6 is 0 Å². The van der Waals surface area contributed by atoms with E-state index in [0.29, 0.717) is 6.54 Å². The lowest BCUT2D eigenvalue weighted by Crippen LogP contribution is -2.36. The fourth-order valence-electron chi connectivity index (χ4n) is 1.91. The number of hydrogen-bond acceptors (Lipinski definition) is 3. The first-order valence-corrected chi connectivity index (χ1v) is 6.15. The molecule has 1 aliphatic rings. The highest BCUT2D eigenvalue weighted by Gasteiger charge is 2.33. The van der Waals surface area contributed by atoms with Gasteiger partial charge in [0.2, 0.25) is 0 Å². The number of amides is 1. The monoisotopic (exact) mass is 265 g/mol. The fourth-order valence-corrected chi connectivity index (χ4v) is 1.91. The van der Waals surface area contributed by atoms with Crippen LogP contribution in [0.25, 0.3) is 0 Å². The summed E-state index contributed by atoms with van der Waals surface area (Å²) in [5.74, 6) is -0.805. The minimum atomic E-state index is -0.526. The summed E-state index contributed by atoms with van der Waals surface area (Å²) in [6, 6.07) is 6.05. The summed E-state index contributed by atoms with van der Waals surface area (Å²) in [6.45, 7) is 0.327. The van der Waals surface area contributed by atoms with E-state index in [9.17, 15) is 9.18 Å². The summed E-state index contributed by atoms with van der Waals surface area (Å²) in [6.07, 6.45) is 2.10. The maximum atomic E-state index is 13.6. The zero-order valence-corrected chi connectivity index (χ0v) is 10.4. The predicted molar refractivity (Wildman–Crippen MR) is 68.5 cm³/mol. The molecule has 0 spiro atoms. The molecule has 0 aliphatic heterocycles. The van der Waals surface area contributed by atoms with Crippen LogP contribution in [0.2, 0.25) is 0 Å². The zero-order valence-electron chi connectivity index (χ0n) is 10.4. The van der Waals surface area contributed by atoms with E-state index in [2.05, 4.69) is 5.16 Å². The molecule has 0 unspecified atom stereocenters. The van der Waals surface area contributed by atoms with E-state index in [4.69, 9.17) is 10.9 Å². The summed E-state index contributed by atoms with van der Waals surface area (Å²) in [5, 5.41) is 11.4. The van der Waals surface area contributed by atoms with Gasteiger partial charge < -0.3 is 15.8 Å². The average Bonchev–Trinajstić information content (AvgIpc) is 3.23. The molecule has 1 aliphatic carbocycles. The third kappa shape index (κ3) is 3.21. The van der Waals surface area contributed by atoms with Gasteiger partial charge >= 0.3 is 0 Å². The lowest BCUT2D eigenvalue weighted by molar-refractivity contribution is 0.0742. The van der Waals surface area contributed by atoms with Crippen LogP contribution in [-0.2, 0) is 0 Å². The maximum absolute atomic E-state index is 13.6. The number of amidine groups is 1. The maximum Gasteiger partial charge on any atom is 0.257 e. The van der Waals surface area contributed by atoms with Crippen molar-refractivity contribution < 1.29 is 14.4 Å². The molecule has 5 nitrogen and oxygen atoms in total. The molecule has 19 heavy (non-hydrogen) atoms. The second-order valence-corrected chi connectivity index (χ2v) is 4.55. The zero-order chi connectivity index (χ0) is 13.8. The van der Waals surface area contributed by atoms with Crippen LogP contribution < -0.4 is 5.73 Å². The van der Waals surface area contributed by atoms with E-state index in [1.54, 1.807) is 17.0 Å². The van der Waals surface area contributed by atoms with Crippen molar-refractivity contribution in [2.75, 3.05) is 6.54 Å². The van der Waals surface area contributed by atoms with E-state index < -0.39 is 5.82 Å². The highest BCUT2D eigenvalue weighted by atomic mass is 19.1. The quantitative estimate of drug-likeness (QED) is 0.367. The molecule has 0 heterocycles. The van der Waals surface area contributed by atoms with Crippen LogP contribution in [0.15, 0.2) is 29.4 Å². The van der Waals surface area contributed by atoms with Gasteiger partial charge in [0.05, 0.1) is 5.56 Å². The molecule has 0 radical (unpaired) electrons. The lowest BCUT2D eigenvalue weighted by Gasteiger charge is -2.22. The number of carbonyl (C=O) groups excluding carboxylic acids is 1. The molecule has 102 valence electrons. The van der Waals surface area contributed by atoms with E-state index >= 15 is 0 Å². The number of rotatable bonds is 5. The first-order valence-electron chi connectivity index (χ1n) is 6.15. The number of hydrogen-bond donors (Lipinski definition) is 2. The largest absolute Gasteiger partial charge is 0.409 e. The SMILES string of the molecule is NC(CCN(C(=O)c1ccccc1F)C1CC1)=NO. The van der Waals surface area contributed by atoms with Crippen LogP contribution in [0, 0.1) is 5.82 Å². The Bertz CT molecular complexity index is 500. The molecular formula is C13H16FN3O2. The van der Waals surface area contributed by atoms with E-state index in [1.165, 1.54) is 12.1 Å². The molecule has 3 N–H and O–H groups in total. The van der Waals surface area contributed by atoms with E-state index in [-0.39, 0.29) is 29.8 Å². The smallest absolute Gasteiger partial charge is 0.257 e. The Morgan fingerprint density at radius 3 is 2.74 bits per heavy atom. The predicted octanol–water partition coefficient (Wildman–Crippen LogP) is 1.57. The number of carbonyl (C=O) groups is 1. The molecule has 1 saturated carbocycles. The minimum Gasteiger partial charge on any atom is -0.409 e. The van der Waals surface area contributed by atoms with Gasteiger partial charge in [0, 0.05) is 19.0 Å². The highest BCUT2D eigenvalue weighted by molar-refractivity contribution is 5.95. The van der Waals surface area contributed by atoms with Gasteiger partial charge in [0.1, 0.15) is 11.7 Å². The molecule has 0 saturated heterocycles. The van der Waals surface area contributed by atoms with Crippen molar-refractivity contribution in [1.29, 1.82) is 0 Å². The number of oxime groups is 1. The standard InChI is InChI=1S/C13H16FN3O2/c14-11-4-2-1-3-10(11)13(18)17(9-5-6-9)8-7-12(15)16-19/h1-4,9,19H,5-8H2,(H2,15,16). The third-order valence-electron chi connectivity index (χ3n) is 3.09. The molecule has 1 aromatic rings. The second-order valence-electron chi connectivity index (χ2n) is 4.55. The first-order chi connectivity index (χ1) is 9.13. The van der Waals surface area contributed by atoms with Gasteiger partial charge in [-0.25, -0.2) is 4.39 Å². The molecule has 1 aromatic carbocycles. The van der Waals surface area contributed by atoms with Crippen molar-refractivity contribution in [3.8, 4) is 0 Å². The molecule has 2 rings (SSSR count). The topological polar surface area (TPSA) is 78.9 Å².